The third-order valence-electron chi connectivity index (χ3n) is 6.32. The maximum Gasteiger partial charge on any atom is 0.254 e. The highest BCUT2D eigenvalue weighted by molar-refractivity contribution is 7.09. The normalized spacial score (nSPS) is 18.9. The molecule has 7 heteroatoms. The van der Waals surface area contributed by atoms with E-state index in [9.17, 15) is 9.59 Å². The van der Waals surface area contributed by atoms with Gasteiger partial charge in [-0.3, -0.25) is 9.59 Å². The quantitative estimate of drug-likeness (QED) is 0.643. The van der Waals surface area contributed by atoms with E-state index in [1.54, 1.807) is 25.6 Å². The van der Waals surface area contributed by atoms with Crippen LogP contribution in [0.3, 0.4) is 0 Å². The van der Waals surface area contributed by atoms with Gasteiger partial charge in [0.05, 0.1) is 32.7 Å². The summed E-state index contributed by atoms with van der Waals surface area (Å²) < 4.78 is 11.0. The molecule has 3 aromatic rings. The zero-order valence-electron chi connectivity index (χ0n) is 18.0. The van der Waals surface area contributed by atoms with E-state index in [4.69, 9.17) is 9.47 Å². The standard InChI is InChI=1S/C25H24N2O4S/c1-30-20-12-15-9-10-27-23(19(15)13-21(20)31-2)22(17-7-3-4-8-18(17)25(27)29)24(28)26-14-16-6-5-11-32-16/h3-8,11-13,22-23H,9-10,14H2,1-2H3,(H,26,28)/t22-,23+/m0/s1. The van der Waals surface area contributed by atoms with E-state index in [0.29, 0.717) is 36.6 Å². The molecule has 0 unspecified atom stereocenters. The van der Waals surface area contributed by atoms with Gasteiger partial charge >= 0.3 is 0 Å². The van der Waals surface area contributed by atoms with E-state index in [1.807, 2.05) is 58.8 Å². The molecule has 0 bridgehead atoms. The van der Waals surface area contributed by atoms with Gasteiger partial charge in [-0.1, -0.05) is 24.3 Å². The molecule has 0 saturated carbocycles. The Bertz CT molecular complexity index is 1170. The summed E-state index contributed by atoms with van der Waals surface area (Å²) in [6.07, 6.45) is 0.698. The SMILES string of the molecule is COc1cc2c(cc1OC)[C@@H]1[C@@H](C(=O)NCc3cccs3)c3ccccc3C(=O)N1CC2. The third-order valence-corrected chi connectivity index (χ3v) is 7.20. The Labute approximate surface area is 190 Å². The van der Waals surface area contributed by atoms with Gasteiger partial charge < -0.3 is 19.7 Å². The molecule has 5 rings (SSSR count). The lowest BCUT2D eigenvalue weighted by Gasteiger charge is -2.45. The minimum Gasteiger partial charge on any atom is -0.493 e. The maximum atomic E-state index is 13.6. The Morgan fingerprint density at radius 1 is 1.09 bits per heavy atom. The smallest absolute Gasteiger partial charge is 0.254 e. The predicted octanol–water partition coefficient (Wildman–Crippen LogP) is 3.92. The van der Waals surface area contributed by atoms with Gasteiger partial charge in [-0.05, 0) is 52.8 Å². The number of carbonyl (C=O) groups excluding carboxylic acids is 2. The van der Waals surface area contributed by atoms with Gasteiger partial charge in [-0.2, -0.15) is 0 Å². The number of nitrogens with one attached hydrogen (secondary N) is 1. The fourth-order valence-electron chi connectivity index (χ4n) is 4.83. The fraction of sp³-hybridized carbons (Fsp3) is 0.280. The molecule has 2 amide bonds. The Balaban J connectivity index is 1.61. The van der Waals surface area contributed by atoms with Crippen LogP contribution < -0.4 is 14.8 Å². The number of carbonyl (C=O) groups is 2. The summed E-state index contributed by atoms with van der Waals surface area (Å²) in [6.45, 7) is 1.02. The average Bonchev–Trinajstić information content (AvgIpc) is 3.35. The third kappa shape index (κ3) is 3.33. The maximum absolute atomic E-state index is 13.6. The number of hydrogen-bond acceptors (Lipinski definition) is 5. The molecule has 164 valence electrons. The van der Waals surface area contributed by atoms with Crippen molar-refractivity contribution in [2.24, 2.45) is 0 Å². The minimum atomic E-state index is -0.513. The molecule has 1 N–H and O–H groups in total. The van der Waals surface area contributed by atoms with E-state index in [-0.39, 0.29) is 11.8 Å². The van der Waals surface area contributed by atoms with E-state index in [2.05, 4.69) is 5.32 Å². The van der Waals surface area contributed by atoms with Crippen molar-refractivity contribution >= 4 is 23.2 Å². The number of ether oxygens (including phenoxy) is 2. The first kappa shape index (κ1) is 20.6. The van der Waals surface area contributed by atoms with Crippen LogP contribution in [0.1, 0.15) is 43.9 Å². The molecule has 0 radical (unpaired) electrons. The average molecular weight is 449 g/mol. The highest BCUT2D eigenvalue weighted by Crippen LogP contribution is 2.48. The first-order valence-corrected chi connectivity index (χ1v) is 11.4. The molecule has 0 saturated heterocycles. The number of benzene rings is 2. The highest BCUT2D eigenvalue weighted by Gasteiger charge is 2.46. The number of hydrogen-bond donors (Lipinski definition) is 1. The van der Waals surface area contributed by atoms with E-state index in [0.717, 1.165) is 21.6 Å². The summed E-state index contributed by atoms with van der Waals surface area (Å²) in [5.74, 6) is 0.614. The predicted molar refractivity (Wildman–Crippen MR) is 122 cm³/mol. The molecule has 0 aliphatic carbocycles. The van der Waals surface area contributed by atoms with Crippen molar-refractivity contribution in [3.63, 3.8) is 0 Å². The van der Waals surface area contributed by atoms with Gasteiger partial charge in [-0.15, -0.1) is 11.3 Å². The zero-order valence-corrected chi connectivity index (χ0v) is 18.8. The van der Waals surface area contributed by atoms with Gasteiger partial charge in [0.1, 0.15) is 0 Å². The Kier molecular flexibility index (Phi) is 5.35. The summed E-state index contributed by atoms with van der Waals surface area (Å²) >= 11 is 1.61. The second-order valence-electron chi connectivity index (χ2n) is 7.96. The Morgan fingerprint density at radius 3 is 2.62 bits per heavy atom. The summed E-state index contributed by atoms with van der Waals surface area (Å²) in [4.78, 5) is 29.9. The van der Waals surface area contributed by atoms with Crippen LogP contribution in [0.2, 0.25) is 0 Å². The van der Waals surface area contributed by atoms with Gasteiger partial charge in [-0.25, -0.2) is 0 Å². The van der Waals surface area contributed by atoms with Crippen LogP contribution in [0, 0.1) is 0 Å². The molecule has 2 aromatic carbocycles. The number of rotatable bonds is 5. The summed E-state index contributed by atoms with van der Waals surface area (Å²) in [6, 6.07) is 14.9. The summed E-state index contributed by atoms with van der Waals surface area (Å²) in [5.41, 5.74) is 3.38. The largest absolute Gasteiger partial charge is 0.493 e. The van der Waals surface area contributed by atoms with E-state index >= 15 is 0 Å². The molecule has 2 atom stereocenters. The monoisotopic (exact) mass is 448 g/mol. The van der Waals surface area contributed by atoms with E-state index in [1.165, 1.54) is 0 Å². The molecule has 3 heterocycles. The summed E-state index contributed by atoms with van der Waals surface area (Å²) in [5, 5.41) is 5.10. The van der Waals surface area contributed by atoms with Gasteiger partial charge in [0.15, 0.2) is 11.5 Å². The van der Waals surface area contributed by atoms with Gasteiger partial charge in [0.25, 0.3) is 5.91 Å². The molecule has 32 heavy (non-hydrogen) atoms. The van der Waals surface area contributed by atoms with Crippen molar-refractivity contribution in [3.05, 3.63) is 81.0 Å². The second kappa shape index (κ2) is 8.31. The van der Waals surface area contributed by atoms with Crippen LogP contribution in [-0.4, -0.2) is 37.5 Å². The molecular weight excluding hydrogens is 424 g/mol. The molecule has 2 aliphatic rings. The van der Waals surface area contributed by atoms with Gasteiger partial charge in [0, 0.05) is 17.0 Å². The number of amides is 2. The first-order valence-electron chi connectivity index (χ1n) is 10.6. The number of fused-ring (bicyclic) bond motifs is 4. The van der Waals surface area contributed by atoms with Crippen molar-refractivity contribution in [1.29, 1.82) is 0 Å². The molecule has 1 aromatic heterocycles. The Morgan fingerprint density at radius 2 is 1.88 bits per heavy atom. The van der Waals surface area contributed by atoms with Crippen molar-refractivity contribution in [1.82, 2.24) is 10.2 Å². The molecule has 0 fully saturated rings. The highest BCUT2D eigenvalue weighted by atomic mass is 32.1. The van der Waals surface area contributed by atoms with Gasteiger partial charge in [0.2, 0.25) is 5.91 Å². The van der Waals surface area contributed by atoms with Crippen LogP contribution in [0.15, 0.2) is 53.9 Å². The molecule has 2 aliphatic heterocycles. The molecule has 6 nitrogen and oxygen atoms in total. The number of methoxy groups -OCH3 is 2. The molecular formula is C25H24N2O4S. The van der Waals surface area contributed by atoms with E-state index < -0.39 is 12.0 Å². The zero-order chi connectivity index (χ0) is 22.2. The van der Waals surface area contributed by atoms with Crippen molar-refractivity contribution in [2.75, 3.05) is 20.8 Å². The second-order valence-corrected chi connectivity index (χ2v) is 8.99. The Hall–Kier alpha value is -3.32. The summed E-state index contributed by atoms with van der Waals surface area (Å²) in [7, 11) is 3.21. The lowest BCUT2D eigenvalue weighted by Crippen LogP contribution is -2.50. The minimum absolute atomic E-state index is 0.0339. The van der Waals surface area contributed by atoms with Crippen LogP contribution in [-0.2, 0) is 17.8 Å². The number of nitrogens with zero attached hydrogens (tertiary/aromatic N) is 1. The lowest BCUT2D eigenvalue weighted by molar-refractivity contribution is -0.124. The van der Waals surface area contributed by atoms with Crippen molar-refractivity contribution in [2.45, 2.75) is 24.9 Å². The van der Waals surface area contributed by atoms with Crippen LogP contribution >= 0.6 is 11.3 Å². The van der Waals surface area contributed by atoms with Crippen molar-refractivity contribution < 1.29 is 19.1 Å². The number of thiophene rings is 1. The van der Waals surface area contributed by atoms with Crippen LogP contribution in [0.5, 0.6) is 11.5 Å². The first-order chi connectivity index (χ1) is 15.6. The van der Waals surface area contributed by atoms with Crippen molar-refractivity contribution in [3.8, 4) is 11.5 Å². The molecule has 0 spiro atoms. The lowest BCUT2D eigenvalue weighted by atomic mass is 9.75. The topological polar surface area (TPSA) is 67.9 Å². The van der Waals surface area contributed by atoms with Crippen LogP contribution in [0.25, 0.3) is 0 Å². The van der Waals surface area contributed by atoms with Crippen LogP contribution in [0.4, 0.5) is 0 Å². The fourth-order valence-corrected chi connectivity index (χ4v) is 5.48.